The van der Waals surface area contributed by atoms with Crippen LogP contribution in [0.25, 0.3) is 0 Å². The molecule has 0 spiro atoms. The van der Waals surface area contributed by atoms with Crippen LogP contribution in [0.5, 0.6) is 0 Å². The predicted octanol–water partition coefficient (Wildman–Crippen LogP) is -0.0265. The Balaban J connectivity index is 2.21. The van der Waals surface area contributed by atoms with E-state index in [2.05, 4.69) is 16.3 Å². The smallest absolute Gasteiger partial charge is 0.321 e. The minimum atomic E-state index is -3.54. The summed E-state index contributed by atoms with van der Waals surface area (Å²) in [5.74, 6) is 0. The molecule has 2 N–H and O–H groups in total. The van der Waals surface area contributed by atoms with E-state index >= 15 is 0 Å². The molecular formula is C5H11O5PS. The third-order valence-corrected chi connectivity index (χ3v) is 2.13. The number of hydrogen-bond donors (Lipinski definition) is 2. The molecule has 7 heteroatoms. The van der Waals surface area contributed by atoms with Crippen LogP contribution in [0, 0.1) is 0 Å². The molecule has 2 unspecified atom stereocenters. The van der Waals surface area contributed by atoms with Gasteiger partial charge in [-0.1, -0.05) is 0 Å². The Morgan fingerprint density at radius 1 is 1.67 bits per heavy atom. The van der Waals surface area contributed by atoms with Crippen molar-refractivity contribution < 1.29 is 23.8 Å². The lowest BCUT2D eigenvalue weighted by molar-refractivity contribution is -0.0493. The highest BCUT2D eigenvalue weighted by atomic mass is 32.5. The molecule has 1 aliphatic heterocycles. The maximum atomic E-state index is 8.71. The first-order valence-corrected chi connectivity index (χ1v) is 6.07. The maximum Gasteiger partial charge on any atom is 0.321 e. The Bertz CT molecular complexity index is 192. The summed E-state index contributed by atoms with van der Waals surface area (Å²) in [4.78, 5) is 17.4. The zero-order chi connectivity index (χ0) is 9.19. The van der Waals surface area contributed by atoms with Crippen molar-refractivity contribution in [3.63, 3.8) is 0 Å². The second-order valence-corrected chi connectivity index (χ2v) is 5.11. The molecule has 0 aromatic carbocycles. The van der Waals surface area contributed by atoms with Gasteiger partial charge in [0.25, 0.3) is 0 Å². The van der Waals surface area contributed by atoms with Crippen LogP contribution in [-0.4, -0.2) is 35.4 Å². The van der Waals surface area contributed by atoms with E-state index in [-0.39, 0.29) is 19.0 Å². The normalized spacial score (nSPS) is 30.9. The van der Waals surface area contributed by atoms with Gasteiger partial charge >= 0.3 is 6.72 Å². The number of hydrogen-bond acceptors (Lipinski definition) is 4. The first kappa shape index (κ1) is 10.5. The Morgan fingerprint density at radius 3 is 2.75 bits per heavy atom. The van der Waals surface area contributed by atoms with Gasteiger partial charge in [-0.15, -0.1) is 0 Å². The summed E-state index contributed by atoms with van der Waals surface area (Å²) in [5, 5.41) is 0. The second-order valence-electron chi connectivity index (χ2n) is 2.45. The quantitative estimate of drug-likeness (QED) is 0.643. The fourth-order valence-electron chi connectivity index (χ4n) is 0.860. The van der Waals surface area contributed by atoms with Gasteiger partial charge in [-0.3, -0.25) is 0 Å². The molecule has 1 rings (SSSR count). The van der Waals surface area contributed by atoms with Crippen molar-refractivity contribution in [3.8, 4) is 0 Å². The van der Waals surface area contributed by atoms with Gasteiger partial charge in [0.2, 0.25) is 0 Å². The average molecular weight is 214 g/mol. The van der Waals surface area contributed by atoms with Crippen molar-refractivity contribution in [2.75, 3.05) is 13.2 Å². The van der Waals surface area contributed by atoms with Crippen LogP contribution in [0.15, 0.2) is 0 Å². The zero-order valence-electron chi connectivity index (χ0n) is 6.54. The lowest BCUT2D eigenvalue weighted by Crippen LogP contribution is -2.17. The van der Waals surface area contributed by atoms with E-state index in [1.165, 1.54) is 0 Å². The molecule has 0 amide bonds. The summed E-state index contributed by atoms with van der Waals surface area (Å²) < 4.78 is 14.8. The van der Waals surface area contributed by atoms with Crippen LogP contribution in [0.2, 0.25) is 0 Å². The maximum absolute atomic E-state index is 8.71. The summed E-state index contributed by atoms with van der Waals surface area (Å²) in [5.41, 5.74) is 0. The summed E-state index contributed by atoms with van der Waals surface area (Å²) >= 11 is 4.25. The molecule has 0 aliphatic carbocycles. The van der Waals surface area contributed by atoms with Crippen molar-refractivity contribution in [1.29, 1.82) is 0 Å². The van der Waals surface area contributed by atoms with Gasteiger partial charge in [0.1, 0.15) is 6.10 Å². The molecule has 0 bridgehead atoms. The average Bonchev–Trinajstić information content (AvgIpc) is 2.30. The highest BCUT2D eigenvalue weighted by Crippen LogP contribution is 2.36. The van der Waals surface area contributed by atoms with Gasteiger partial charge in [0.15, 0.2) is 6.29 Å². The largest absolute Gasteiger partial charge is 0.350 e. The SMILES string of the molecule is CC1OCC(COP(O)(O)=S)O1. The molecule has 2 atom stereocenters. The van der Waals surface area contributed by atoms with Crippen LogP contribution in [0.3, 0.4) is 0 Å². The molecular weight excluding hydrogens is 203 g/mol. The van der Waals surface area contributed by atoms with Crippen LogP contribution >= 0.6 is 6.72 Å². The van der Waals surface area contributed by atoms with E-state index in [9.17, 15) is 0 Å². The standard InChI is InChI=1S/C5H11O5PS/c1-4-8-2-5(10-4)3-9-11(6,7)12/h4-5H,2-3H2,1H3,(H2,6,7,12). The van der Waals surface area contributed by atoms with Crippen molar-refractivity contribution >= 4 is 18.5 Å². The second kappa shape index (κ2) is 4.11. The fraction of sp³-hybridized carbons (Fsp3) is 1.00. The van der Waals surface area contributed by atoms with Gasteiger partial charge in [0.05, 0.1) is 13.2 Å². The first-order valence-electron chi connectivity index (χ1n) is 3.44. The predicted molar refractivity (Wildman–Crippen MR) is 45.0 cm³/mol. The van der Waals surface area contributed by atoms with Crippen molar-refractivity contribution in [2.45, 2.75) is 19.3 Å². The van der Waals surface area contributed by atoms with E-state index < -0.39 is 6.72 Å². The topological polar surface area (TPSA) is 68.2 Å². The molecule has 72 valence electrons. The van der Waals surface area contributed by atoms with Crippen LogP contribution in [-0.2, 0) is 25.8 Å². The Labute approximate surface area is 75.5 Å². The Morgan fingerprint density at radius 2 is 2.33 bits per heavy atom. The van der Waals surface area contributed by atoms with Crippen LogP contribution in [0.4, 0.5) is 0 Å². The molecule has 1 saturated heterocycles. The monoisotopic (exact) mass is 214 g/mol. The number of rotatable bonds is 3. The summed E-state index contributed by atoms with van der Waals surface area (Å²) in [6.07, 6.45) is -0.504. The van der Waals surface area contributed by atoms with Crippen LogP contribution in [0.1, 0.15) is 6.92 Å². The van der Waals surface area contributed by atoms with Crippen LogP contribution < -0.4 is 0 Å². The number of ether oxygens (including phenoxy) is 2. The molecule has 1 fully saturated rings. The van der Waals surface area contributed by atoms with Gasteiger partial charge in [-0.05, 0) is 18.7 Å². The lowest BCUT2D eigenvalue weighted by Gasteiger charge is -2.11. The van der Waals surface area contributed by atoms with Gasteiger partial charge in [0, 0.05) is 0 Å². The molecule has 0 aromatic heterocycles. The fourth-order valence-corrected chi connectivity index (χ4v) is 1.40. The zero-order valence-corrected chi connectivity index (χ0v) is 8.25. The first-order chi connectivity index (χ1) is 5.47. The van der Waals surface area contributed by atoms with E-state index in [1.807, 2.05) is 0 Å². The molecule has 5 nitrogen and oxygen atoms in total. The van der Waals surface area contributed by atoms with E-state index in [4.69, 9.17) is 19.3 Å². The third kappa shape index (κ3) is 3.91. The van der Waals surface area contributed by atoms with E-state index in [0.29, 0.717) is 6.61 Å². The molecule has 0 aromatic rings. The lowest BCUT2D eigenvalue weighted by atomic mass is 10.4. The van der Waals surface area contributed by atoms with E-state index in [1.54, 1.807) is 6.92 Å². The van der Waals surface area contributed by atoms with Gasteiger partial charge in [-0.25, -0.2) is 0 Å². The van der Waals surface area contributed by atoms with Gasteiger partial charge in [-0.2, -0.15) is 0 Å². The van der Waals surface area contributed by atoms with Crippen molar-refractivity contribution in [3.05, 3.63) is 0 Å². The molecule has 1 aliphatic rings. The Kier molecular flexibility index (Phi) is 3.60. The summed E-state index contributed by atoms with van der Waals surface area (Å²) in [6, 6.07) is 0. The molecule has 12 heavy (non-hydrogen) atoms. The molecule has 0 radical (unpaired) electrons. The highest BCUT2D eigenvalue weighted by Gasteiger charge is 2.24. The highest BCUT2D eigenvalue weighted by molar-refractivity contribution is 8.06. The summed E-state index contributed by atoms with van der Waals surface area (Å²) in [7, 11) is 0. The third-order valence-electron chi connectivity index (χ3n) is 1.33. The minimum absolute atomic E-state index is 0.0641. The van der Waals surface area contributed by atoms with E-state index in [0.717, 1.165) is 0 Å². The Hall–Kier alpha value is 0.450. The van der Waals surface area contributed by atoms with Gasteiger partial charge < -0.3 is 23.8 Å². The molecule has 1 heterocycles. The minimum Gasteiger partial charge on any atom is -0.350 e. The van der Waals surface area contributed by atoms with Crippen molar-refractivity contribution in [2.24, 2.45) is 0 Å². The summed E-state index contributed by atoms with van der Waals surface area (Å²) in [6.45, 7) is -1.32. The molecule has 0 saturated carbocycles. The van der Waals surface area contributed by atoms with Crippen molar-refractivity contribution in [1.82, 2.24) is 0 Å².